The monoisotopic (exact) mass is 188 g/mol. The van der Waals surface area contributed by atoms with Crippen LogP contribution in [0.5, 0.6) is 0 Å². The molecule has 0 saturated carbocycles. The van der Waals surface area contributed by atoms with E-state index in [1.165, 1.54) is 10.9 Å². The van der Waals surface area contributed by atoms with Crippen molar-refractivity contribution in [3.05, 3.63) is 30.0 Å². The summed E-state index contributed by atoms with van der Waals surface area (Å²) in [6, 6.07) is 6.41. The average molecular weight is 188 g/mol. The second kappa shape index (κ2) is 3.45. The molecule has 74 valence electrons. The number of hydrogen-bond donors (Lipinski definition) is 0. The summed E-state index contributed by atoms with van der Waals surface area (Å²) in [5.74, 6) is 0.683. The molecule has 2 heteroatoms. The maximum atomic E-state index is 4.48. The molecule has 0 fully saturated rings. The van der Waals surface area contributed by atoms with Crippen molar-refractivity contribution in [2.75, 3.05) is 0 Å². The molecule has 1 heterocycles. The zero-order valence-electron chi connectivity index (χ0n) is 8.99. The van der Waals surface area contributed by atoms with Gasteiger partial charge >= 0.3 is 0 Å². The average Bonchev–Trinajstić information content (AvgIpc) is 2.45. The van der Waals surface area contributed by atoms with Crippen molar-refractivity contribution in [2.45, 2.75) is 20.3 Å². The van der Waals surface area contributed by atoms with E-state index in [9.17, 15) is 0 Å². The molecule has 2 nitrogen and oxygen atoms in total. The molecule has 1 aromatic heterocycles. The van der Waals surface area contributed by atoms with E-state index in [0.29, 0.717) is 5.92 Å². The maximum absolute atomic E-state index is 4.48. The summed E-state index contributed by atoms with van der Waals surface area (Å²) in [4.78, 5) is 0. The lowest BCUT2D eigenvalue weighted by atomic mass is 10.0. The van der Waals surface area contributed by atoms with Gasteiger partial charge in [-0.25, -0.2) is 0 Å². The molecule has 0 bridgehead atoms. The predicted molar refractivity (Wildman–Crippen MR) is 59.3 cm³/mol. The van der Waals surface area contributed by atoms with Gasteiger partial charge in [0, 0.05) is 18.6 Å². The number of aromatic nitrogens is 2. The number of benzene rings is 1. The quantitative estimate of drug-likeness (QED) is 0.708. The summed E-state index contributed by atoms with van der Waals surface area (Å²) in [5.41, 5.74) is 2.52. The molecule has 0 aliphatic heterocycles. The molecule has 1 aromatic carbocycles. The fraction of sp³-hybridized carbons (Fsp3) is 0.417. The van der Waals surface area contributed by atoms with Gasteiger partial charge < -0.3 is 0 Å². The lowest BCUT2D eigenvalue weighted by molar-refractivity contribution is 0.648. The summed E-state index contributed by atoms with van der Waals surface area (Å²) in [6.45, 7) is 4.48. The summed E-state index contributed by atoms with van der Waals surface area (Å²) in [6.07, 6.45) is 3.17. The second-order valence-electron chi connectivity index (χ2n) is 4.26. The summed E-state index contributed by atoms with van der Waals surface area (Å²) in [7, 11) is 1.97. The van der Waals surface area contributed by atoms with Gasteiger partial charge in [0.2, 0.25) is 0 Å². The van der Waals surface area contributed by atoms with E-state index in [-0.39, 0.29) is 0 Å². The normalized spacial score (nSPS) is 11.4. The van der Waals surface area contributed by atoms with Crippen LogP contribution in [0.4, 0.5) is 0 Å². The molecule has 0 saturated heterocycles. The Bertz CT molecular complexity index is 441. The van der Waals surface area contributed by atoms with Crippen LogP contribution in [0, 0.1) is 5.92 Å². The Morgan fingerprint density at radius 2 is 2.14 bits per heavy atom. The van der Waals surface area contributed by atoms with Crippen molar-refractivity contribution >= 4 is 10.9 Å². The number of hydrogen-bond acceptors (Lipinski definition) is 1. The zero-order chi connectivity index (χ0) is 10.1. The van der Waals surface area contributed by atoms with E-state index in [4.69, 9.17) is 0 Å². The van der Waals surface area contributed by atoms with Crippen LogP contribution in [-0.2, 0) is 13.5 Å². The molecule has 0 unspecified atom stereocenters. The van der Waals surface area contributed by atoms with Crippen molar-refractivity contribution in [1.82, 2.24) is 9.78 Å². The summed E-state index contributed by atoms with van der Waals surface area (Å²) in [5, 5.41) is 5.72. The van der Waals surface area contributed by atoms with Gasteiger partial charge in [0.1, 0.15) is 0 Å². The smallest absolute Gasteiger partial charge is 0.0955 e. The largest absolute Gasteiger partial charge is 0.275 e. The molecule has 0 aliphatic carbocycles. The van der Waals surface area contributed by atoms with Crippen molar-refractivity contribution in [1.29, 1.82) is 0 Å². The predicted octanol–water partition coefficient (Wildman–Crippen LogP) is 2.77. The van der Waals surface area contributed by atoms with Crippen molar-refractivity contribution in [3.8, 4) is 0 Å². The molecule has 2 aromatic rings. The molecule has 2 rings (SSSR count). The van der Waals surface area contributed by atoms with Crippen LogP contribution in [0.3, 0.4) is 0 Å². The molecule has 0 radical (unpaired) electrons. The highest BCUT2D eigenvalue weighted by molar-refractivity contribution is 5.81. The minimum Gasteiger partial charge on any atom is -0.275 e. The van der Waals surface area contributed by atoms with Gasteiger partial charge in [0.25, 0.3) is 0 Å². The third-order valence-electron chi connectivity index (χ3n) is 2.36. The van der Waals surface area contributed by atoms with Gasteiger partial charge in [0.05, 0.1) is 5.52 Å². The molecule has 0 atom stereocenters. The van der Waals surface area contributed by atoms with Gasteiger partial charge in [-0.05, 0) is 17.9 Å². The molecule has 0 aliphatic rings. The Morgan fingerprint density at radius 3 is 2.86 bits per heavy atom. The van der Waals surface area contributed by atoms with Gasteiger partial charge in [-0.3, -0.25) is 4.68 Å². The lowest BCUT2D eigenvalue weighted by Crippen LogP contribution is -1.95. The van der Waals surface area contributed by atoms with Crippen LogP contribution in [-0.4, -0.2) is 9.78 Å². The highest BCUT2D eigenvalue weighted by Gasteiger charge is 2.05. The molecular weight excluding hydrogens is 172 g/mol. The van der Waals surface area contributed by atoms with Crippen LogP contribution in [0.25, 0.3) is 10.9 Å². The maximum Gasteiger partial charge on any atom is 0.0955 e. The topological polar surface area (TPSA) is 17.8 Å². The van der Waals surface area contributed by atoms with Gasteiger partial charge in [-0.15, -0.1) is 0 Å². The Labute approximate surface area is 84.5 Å². The van der Waals surface area contributed by atoms with Crippen LogP contribution in [0.2, 0.25) is 0 Å². The van der Waals surface area contributed by atoms with E-state index in [0.717, 1.165) is 11.9 Å². The molecule has 0 N–H and O–H groups in total. The number of rotatable bonds is 2. The van der Waals surface area contributed by atoms with Crippen molar-refractivity contribution < 1.29 is 0 Å². The minimum absolute atomic E-state index is 0.683. The van der Waals surface area contributed by atoms with Crippen molar-refractivity contribution in [3.63, 3.8) is 0 Å². The first-order chi connectivity index (χ1) is 6.66. The Morgan fingerprint density at radius 1 is 1.36 bits per heavy atom. The molecule has 0 spiro atoms. The summed E-state index contributed by atoms with van der Waals surface area (Å²) < 4.78 is 1.88. The Balaban J connectivity index is 2.53. The van der Waals surface area contributed by atoms with E-state index < -0.39 is 0 Å². The van der Waals surface area contributed by atoms with E-state index >= 15 is 0 Å². The Hall–Kier alpha value is -1.31. The standard InChI is InChI=1S/C12H16N2/c1-9(2)7-10-5-4-6-11-8-14(3)13-12(10)11/h4-6,8-9H,7H2,1-3H3. The second-order valence-corrected chi connectivity index (χ2v) is 4.26. The van der Waals surface area contributed by atoms with Crippen molar-refractivity contribution in [2.24, 2.45) is 13.0 Å². The number of aryl methyl sites for hydroxylation is 1. The van der Waals surface area contributed by atoms with Gasteiger partial charge in [-0.2, -0.15) is 5.10 Å². The van der Waals surface area contributed by atoms with Crippen LogP contribution >= 0.6 is 0 Å². The molecular formula is C12H16N2. The molecule has 0 amide bonds. The molecule has 14 heavy (non-hydrogen) atoms. The third kappa shape index (κ3) is 1.65. The fourth-order valence-corrected chi connectivity index (χ4v) is 1.83. The van der Waals surface area contributed by atoms with Crippen LogP contribution in [0.15, 0.2) is 24.4 Å². The SMILES string of the molecule is CC(C)Cc1cccc2cn(C)nc12. The Kier molecular flexibility index (Phi) is 2.28. The first-order valence-electron chi connectivity index (χ1n) is 5.08. The van der Waals surface area contributed by atoms with E-state index in [1.54, 1.807) is 0 Å². The summed E-state index contributed by atoms with van der Waals surface area (Å²) >= 11 is 0. The number of nitrogens with zero attached hydrogens (tertiary/aromatic N) is 2. The highest BCUT2D eigenvalue weighted by Crippen LogP contribution is 2.19. The third-order valence-corrected chi connectivity index (χ3v) is 2.36. The zero-order valence-corrected chi connectivity index (χ0v) is 8.99. The highest BCUT2D eigenvalue weighted by atomic mass is 15.2. The first-order valence-corrected chi connectivity index (χ1v) is 5.08. The van der Waals surface area contributed by atoms with E-state index in [1.807, 2.05) is 11.7 Å². The number of fused-ring (bicyclic) bond motifs is 1. The minimum atomic E-state index is 0.683. The van der Waals surface area contributed by atoms with Crippen LogP contribution < -0.4 is 0 Å². The van der Waals surface area contributed by atoms with Crippen LogP contribution in [0.1, 0.15) is 19.4 Å². The van der Waals surface area contributed by atoms with Gasteiger partial charge in [0.15, 0.2) is 0 Å². The van der Waals surface area contributed by atoms with Gasteiger partial charge in [-0.1, -0.05) is 32.0 Å². The first kappa shape index (κ1) is 9.25. The lowest BCUT2D eigenvalue weighted by Gasteiger charge is -2.04. The van der Waals surface area contributed by atoms with E-state index in [2.05, 4.69) is 43.3 Å². The fourth-order valence-electron chi connectivity index (χ4n) is 1.83.